The molecule has 0 bridgehead atoms. The summed E-state index contributed by atoms with van der Waals surface area (Å²) in [5, 5.41) is 10.8. The lowest BCUT2D eigenvalue weighted by Crippen LogP contribution is -2.39. The van der Waals surface area contributed by atoms with Crippen molar-refractivity contribution in [3.8, 4) is 5.75 Å². The molecule has 1 aromatic carbocycles. The minimum Gasteiger partial charge on any atom is -0.496 e. The second-order valence-corrected chi connectivity index (χ2v) is 5.67. The van der Waals surface area contributed by atoms with E-state index in [0.29, 0.717) is 18.8 Å². The number of amides is 1. The fraction of sp³-hybridized carbons (Fsp3) is 0.500. The number of nitro benzene ring substituents is 1. The molecule has 0 spiro atoms. The molecule has 0 radical (unpaired) electrons. The summed E-state index contributed by atoms with van der Waals surface area (Å²) in [6, 6.07) is 3.96. The molecule has 7 heteroatoms. The van der Waals surface area contributed by atoms with E-state index in [9.17, 15) is 14.9 Å². The van der Waals surface area contributed by atoms with Crippen LogP contribution in [0.25, 0.3) is 0 Å². The monoisotopic (exact) mass is 295 g/mol. The molecular weight excluding hydrogens is 274 g/mol. The first-order valence-electron chi connectivity index (χ1n) is 6.50. The SMILES string of the molecule is COc1ccc([N+](=O)[O-])cc1C(=O)N(C)CC(C)(C)CN. The lowest BCUT2D eigenvalue weighted by atomic mass is 9.93. The quantitative estimate of drug-likeness (QED) is 0.635. The fourth-order valence-electron chi connectivity index (χ4n) is 1.96. The van der Waals surface area contributed by atoms with Crippen LogP contribution >= 0.6 is 0 Å². The van der Waals surface area contributed by atoms with Gasteiger partial charge in [-0.3, -0.25) is 14.9 Å². The number of methoxy groups -OCH3 is 1. The average Bonchev–Trinajstić information content (AvgIpc) is 2.45. The number of carbonyl (C=O) groups is 1. The van der Waals surface area contributed by atoms with Crippen LogP contribution in [0.4, 0.5) is 5.69 Å². The predicted octanol–water partition coefficient (Wildman–Crippen LogP) is 1.66. The fourth-order valence-corrected chi connectivity index (χ4v) is 1.96. The Balaban J connectivity index is 3.10. The van der Waals surface area contributed by atoms with Crippen LogP contribution in [-0.4, -0.2) is 43.0 Å². The van der Waals surface area contributed by atoms with E-state index in [2.05, 4.69) is 0 Å². The first-order valence-corrected chi connectivity index (χ1v) is 6.50. The Labute approximate surface area is 123 Å². The predicted molar refractivity (Wildman–Crippen MR) is 79.4 cm³/mol. The van der Waals surface area contributed by atoms with Gasteiger partial charge in [0.25, 0.3) is 11.6 Å². The molecule has 0 fully saturated rings. The average molecular weight is 295 g/mol. The molecule has 116 valence electrons. The molecule has 2 N–H and O–H groups in total. The molecule has 0 atom stereocenters. The van der Waals surface area contributed by atoms with Gasteiger partial charge >= 0.3 is 0 Å². The Bertz CT molecular complexity index is 543. The Hall–Kier alpha value is -2.15. The summed E-state index contributed by atoms with van der Waals surface area (Å²) in [4.78, 5) is 24.3. The summed E-state index contributed by atoms with van der Waals surface area (Å²) >= 11 is 0. The summed E-state index contributed by atoms with van der Waals surface area (Å²) in [6.45, 7) is 4.76. The Morgan fingerprint density at radius 3 is 2.57 bits per heavy atom. The number of ether oxygens (including phenoxy) is 1. The third-order valence-corrected chi connectivity index (χ3v) is 3.19. The molecule has 0 saturated heterocycles. The minimum atomic E-state index is -0.542. The van der Waals surface area contributed by atoms with E-state index < -0.39 is 4.92 Å². The van der Waals surface area contributed by atoms with Crippen LogP contribution in [0.2, 0.25) is 0 Å². The van der Waals surface area contributed by atoms with E-state index in [1.807, 2.05) is 13.8 Å². The highest BCUT2D eigenvalue weighted by atomic mass is 16.6. The topological polar surface area (TPSA) is 98.7 Å². The van der Waals surface area contributed by atoms with Gasteiger partial charge in [-0.25, -0.2) is 0 Å². The summed E-state index contributed by atoms with van der Waals surface area (Å²) in [7, 11) is 3.06. The molecule has 0 aliphatic heterocycles. The number of non-ortho nitro benzene ring substituents is 1. The van der Waals surface area contributed by atoms with Crippen LogP contribution < -0.4 is 10.5 Å². The molecule has 0 unspecified atom stereocenters. The standard InChI is InChI=1S/C14H21N3O4/c1-14(2,8-15)9-16(3)13(18)11-7-10(17(19)20)5-6-12(11)21-4/h5-7H,8-9,15H2,1-4H3. The lowest BCUT2D eigenvalue weighted by molar-refractivity contribution is -0.384. The summed E-state index contributed by atoms with van der Waals surface area (Å²) in [6.07, 6.45) is 0. The van der Waals surface area contributed by atoms with Crippen LogP contribution in [0.15, 0.2) is 18.2 Å². The van der Waals surface area contributed by atoms with Gasteiger partial charge in [-0.2, -0.15) is 0 Å². The van der Waals surface area contributed by atoms with Crippen molar-refractivity contribution in [1.82, 2.24) is 4.90 Å². The molecule has 1 aromatic rings. The summed E-state index contributed by atoms with van der Waals surface area (Å²) in [5.41, 5.74) is 5.44. The van der Waals surface area contributed by atoms with E-state index in [-0.39, 0.29) is 22.6 Å². The van der Waals surface area contributed by atoms with Gasteiger partial charge in [0.1, 0.15) is 5.75 Å². The van der Waals surface area contributed by atoms with Crippen molar-refractivity contribution in [3.05, 3.63) is 33.9 Å². The Morgan fingerprint density at radius 2 is 2.10 bits per heavy atom. The van der Waals surface area contributed by atoms with Crippen molar-refractivity contribution in [2.24, 2.45) is 11.1 Å². The van der Waals surface area contributed by atoms with Gasteiger partial charge in [0.05, 0.1) is 17.6 Å². The van der Waals surface area contributed by atoms with Crippen molar-refractivity contribution in [3.63, 3.8) is 0 Å². The number of benzene rings is 1. The van der Waals surface area contributed by atoms with Crippen molar-refractivity contribution < 1.29 is 14.5 Å². The van der Waals surface area contributed by atoms with E-state index in [4.69, 9.17) is 10.5 Å². The molecule has 0 heterocycles. The number of carbonyl (C=O) groups excluding carboxylic acids is 1. The summed E-state index contributed by atoms with van der Waals surface area (Å²) < 4.78 is 5.11. The normalized spacial score (nSPS) is 11.1. The van der Waals surface area contributed by atoms with Gasteiger partial charge in [-0.1, -0.05) is 13.8 Å². The van der Waals surface area contributed by atoms with Crippen LogP contribution in [0.5, 0.6) is 5.75 Å². The zero-order valence-corrected chi connectivity index (χ0v) is 12.8. The molecule has 0 aliphatic carbocycles. The van der Waals surface area contributed by atoms with E-state index in [1.54, 1.807) is 7.05 Å². The number of nitro groups is 1. The third kappa shape index (κ3) is 4.16. The van der Waals surface area contributed by atoms with Crippen molar-refractivity contribution in [2.75, 3.05) is 27.2 Å². The minimum absolute atomic E-state index is 0.148. The van der Waals surface area contributed by atoms with E-state index in [0.717, 1.165) is 0 Å². The molecule has 0 saturated carbocycles. The highest BCUT2D eigenvalue weighted by Crippen LogP contribution is 2.26. The van der Waals surface area contributed by atoms with E-state index in [1.165, 1.54) is 30.2 Å². The van der Waals surface area contributed by atoms with Crippen molar-refractivity contribution >= 4 is 11.6 Å². The number of nitrogens with zero attached hydrogens (tertiary/aromatic N) is 2. The first kappa shape index (κ1) is 16.9. The number of nitrogens with two attached hydrogens (primary N) is 1. The van der Waals surface area contributed by atoms with Crippen LogP contribution in [0.3, 0.4) is 0 Å². The number of hydrogen-bond donors (Lipinski definition) is 1. The highest BCUT2D eigenvalue weighted by molar-refractivity contribution is 5.97. The first-order chi connectivity index (χ1) is 9.71. The smallest absolute Gasteiger partial charge is 0.270 e. The highest BCUT2D eigenvalue weighted by Gasteiger charge is 2.25. The van der Waals surface area contributed by atoms with Gasteiger partial charge in [0, 0.05) is 25.7 Å². The van der Waals surface area contributed by atoms with Gasteiger partial charge in [-0.05, 0) is 18.0 Å². The van der Waals surface area contributed by atoms with Gasteiger partial charge < -0.3 is 15.4 Å². The maximum Gasteiger partial charge on any atom is 0.270 e. The molecule has 21 heavy (non-hydrogen) atoms. The molecule has 1 amide bonds. The Kier molecular flexibility index (Phi) is 5.26. The zero-order valence-electron chi connectivity index (χ0n) is 12.8. The third-order valence-electron chi connectivity index (χ3n) is 3.19. The summed E-state index contributed by atoms with van der Waals surface area (Å²) in [5.74, 6) is -0.0277. The largest absolute Gasteiger partial charge is 0.496 e. The van der Waals surface area contributed by atoms with Crippen molar-refractivity contribution in [2.45, 2.75) is 13.8 Å². The molecule has 1 rings (SSSR count). The maximum absolute atomic E-state index is 12.5. The van der Waals surface area contributed by atoms with Gasteiger partial charge in [0.15, 0.2) is 0 Å². The Morgan fingerprint density at radius 1 is 1.48 bits per heavy atom. The van der Waals surface area contributed by atoms with Crippen LogP contribution in [0, 0.1) is 15.5 Å². The van der Waals surface area contributed by atoms with Crippen LogP contribution in [0.1, 0.15) is 24.2 Å². The number of hydrogen-bond acceptors (Lipinski definition) is 5. The van der Waals surface area contributed by atoms with Crippen LogP contribution in [-0.2, 0) is 0 Å². The van der Waals surface area contributed by atoms with Crippen molar-refractivity contribution in [1.29, 1.82) is 0 Å². The van der Waals surface area contributed by atoms with Gasteiger partial charge in [0.2, 0.25) is 0 Å². The molecule has 0 aromatic heterocycles. The second-order valence-electron chi connectivity index (χ2n) is 5.67. The molecule has 7 nitrogen and oxygen atoms in total. The zero-order chi connectivity index (χ0) is 16.2. The molecular formula is C14H21N3O4. The number of rotatable bonds is 6. The maximum atomic E-state index is 12.5. The van der Waals surface area contributed by atoms with E-state index >= 15 is 0 Å². The van der Waals surface area contributed by atoms with Gasteiger partial charge in [-0.15, -0.1) is 0 Å². The second kappa shape index (κ2) is 6.53. The lowest BCUT2D eigenvalue weighted by Gasteiger charge is -2.29. The molecule has 0 aliphatic rings.